The molecule has 1 heterocycles. The predicted octanol–water partition coefficient (Wildman–Crippen LogP) is 3.45. The van der Waals surface area contributed by atoms with Gasteiger partial charge in [0, 0.05) is 11.0 Å². The molecule has 0 atom stereocenters. The summed E-state index contributed by atoms with van der Waals surface area (Å²) in [5.41, 5.74) is 3.85. The predicted molar refractivity (Wildman–Crippen MR) is 69.2 cm³/mol. The van der Waals surface area contributed by atoms with Gasteiger partial charge in [0.2, 0.25) is 0 Å². The van der Waals surface area contributed by atoms with Crippen molar-refractivity contribution in [2.45, 2.75) is 11.8 Å². The van der Waals surface area contributed by atoms with Gasteiger partial charge in [-0.3, -0.25) is 5.43 Å². The van der Waals surface area contributed by atoms with Gasteiger partial charge >= 0.3 is 0 Å². The summed E-state index contributed by atoms with van der Waals surface area (Å²) in [6.45, 7) is 2.05. The molecule has 0 amide bonds. The lowest BCUT2D eigenvalue weighted by atomic mass is 10.2. The summed E-state index contributed by atoms with van der Waals surface area (Å²) in [7, 11) is 0. The number of aryl methyl sites for hydroxylation is 1. The Bertz CT molecular complexity index is 442. The Morgan fingerprint density at radius 2 is 2.00 bits per heavy atom. The number of thioether (sulfide) groups is 1. The third-order valence-corrected chi connectivity index (χ3v) is 3.15. The van der Waals surface area contributed by atoms with Gasteiger partial charge in [-0.15, -0.1) is 9.74 Å². The first-order chi connectivity index (χ1) is 7.63. The van der Waals surface area contributed by atoms with Gasteiger partial charge in [0.25, 0.3) is 0 Å². The number of rotatable bonds is 1. The van der Waals surface area contributed by atoms with Gasteiger partial charge in [0.15, 0.2) is 0 Å². The number of nitrogens with zero attached hydrogens (tertiary/aromatic N) is 2. The Labute approximate surface area is 108 Å². The lowest BCUT2D eigenvalue weighted by Crippen LogP contribution is -2.26. The maximum atomic E-state index is 5.83. The van der Waals surface area contributed by atoms with E-state index in [0.29, 0.717) is 5.16 Å². The van der Waals surface area contributed by atoms with Crippen LogP contribution in [0.5, 0.6) is 0 Å². The zero-order chi connectivity index (χ0) is 11.5. The summed E-state index contributed by atoms with van der Waals surface area (Å²) in [5, 5.41) is 5.24. The number of hydrazine groups is 1. The van der Waals surface area contributed by atoms with Crippen molar-refractivity contribution in [1.29, 1.82) is 0 Å². The SMILES string of the molecule is Cc1ccc(SC2=NN(Cl)NC(Cl)=C2)cc1. The molecule has 0 bridgehead atoms. The molecule has 0 fully saturated rings. The van der Waals surface area contributed by atoms with Gasteiger partial charge in [-0.05, 0) is 19.1 Å². The Balaban J connectivity index is 2.13. The first-order valence-electron chi connectivity index (χ1n) is 4.56. The van der Waals surface area contributed by atoms with Crippen LogP contribution in [0, 0.1) is 6.92 Å². The summed E-state index contributed by atoms with van der Waals surface area (Å²) in [6, 6.07) is 8.16. The van der Waals surface area contributed by atoms with Crippen LogP contribution in [0.4, 0.5) is 0 Å². The van der Waals surface area contributed by atoms with E-state index < -0.39 is 0 Å². The highest BCUT2D eigenvalue weighted by atomic mass is 35.5. The number of nitrogens with one attached hydrogen (secondary N) is 1. The molecule has 1 aromatic carbocycles. The Morgan fingerprint density at radius 1 is 1.31 bits per heavy atom. The maximum Gasteiger partial charge on any atom is 0.128 e. The topological polar surface area (TPSA) is 27.6 Å². The van der Waals surface area contributed by atoms with Crippen molar-refractivity contribution < 1.29 is 0 Å². The van der Waals surface area contributed by atoms with E-state index in [-0.39, 0.29) is 0 Å². The molecule has 0 saturated heterocycles. The van der Waals surface area contributed by atoms with E-state index >= 15 is 0 Å². The highest BCUT2D eigenvalue weighted by molar-refractivity contribution is 8.14. The molecule has 0 aliphatic carbocycles. The summed E-state index contributed by atoms with van der Waals surface area (Å²) in [4.78, 5) is 1.09. The van der Waals surface area contributed by atoms with Crippen LogP contribution in [0.1, 0.15) is 5.56 Å². The first kappa shape index (κ1) is 11.6. The third kappa shape index (κ3) is 3.07. The van der Waals surface area contributed by atoms with Gasteiger partial charge in [0.05, 0.1) is 11.8 Å². The number of benzene rings is 1. The molecule has 6 heteroatoms. The van der Waals surface area contributed by atoms with E-state index in [4.69, 9.17) is 23.4 Å². The van der Waals surface area contributed by atoms with Crippen molar-refractivity contribution in [1.82, 2.24) is 10.1 Å². The number of hydrogen-bond donors (Lipinski definition) is 1. The van der Waals surface area contributed by atoms with Crippen LogP contribution in [0.25, 0.3) is 0 Å². The van der Waals surface area contributed by atoms with Crippen LogP contribution < -0.4 is 5.43 Å². The molecule has 1 aliphatic heterocycles. The van der Waals surface area contributed by atoms with Crippen LogP contribution >= 0.6 is 35.1 Å². The second-order valence-electron chi connectivity index (χ2n) is 3.22. The molecule has 0 spiro atoms. The Hall–Kier alpha value is -0.840. The fourth-order valence-corrected chi connectivity index (χ4v) is 2.47. The number of hydrogen-bond acceptors (Lipinski definition) is 4. The fourth-order valence-electron chi connectivity index (χ4n) is 1.15. The summed E-state index contributed by atoms with van der Waals surface area (Å²) in [6.07, 6.45) is 1.73. The van der Waals surface area contributed by atoms with E-state index in [1.807, 2.05) is 31.2 Å². The normalized spacial score (nSPS) is 15.3. The van der Waals surface area contributed by atoms with Gasteiger partial charge in [-0.25, -0.2) is 0 Å². The van der Waals surface area contributed by atoms with E-state index in [1.165, 1.54) is 17.3 Å². The van der Waals surface area contributed by atoms with Crippen LogP contribution in [-0.4, -0.2) is 9.68 Å². The fraction of sp³-hybridized carbons (Fsp3) is 0.100. The van der Waals surface area contributed by atoms with Crippen molar-refractivity contribution >= 4 is 40.2 Å². The molecule has 16 heavy (non-hydrogen) atoms. The lowest BCUT2D eigenvalue weighted by molar-refractivity contribution is 0.407. The lowest BCUT2D eigenvalue weighted by Gasteiger charge is -2.17. The summed E-state index contributed by atoms with van der Waals surface area (Å²) >= 11 is 13.0. The molecule has 1 aromatic rings. The van der Waals surface area contributed by atoms with Crippen molar-refractivity contribution in [3.05, 3.63) is 41.1 Å². The van der Waals surface area contributed by atoms with Crippen molar-refractivity contribution in [2.75, 3.05) is 0 Å². The van der Waals surface area contributed by atoms with Crippen molar-refractivity contribution in [2.24, 2.45) is 5.10 Å². The molecule has 0 radical (unpaired) electrons. The number of halogens is 2. The Kier molecular flexibility index (Phi) is 3.63. The van der Waals surface area contributed by atoms with E-state index in [0.717, 1.165) is 14.6 Å². The molecule has 84 valence electrons. The minimum atomic E-state index is 0.444. The van der Waals surface area contributed by atoms with Gasteiger partial charge in [0.1, 0.15) is 10.2 Å². The average Bonchev–Trinajstić information content (AvgIpc) is 2.20. The first-order valence-corrected chi connectivity index (χ1v) is 6.09. The maximum absolute atomic E-state index is 5.83. The minimum absolute atomic E-state index is 0.444. The molecule has 2 rings (SSSR count). The van der Waals surface area contributed by atoms with Gasteiger partial charge < -0.3 is 0 Å². The molecule has 1 N–H and O–H groups in total. The van der Waals surface area contributed by atoms with E-state index in [9.17, 15) is 0 Å². The Morgan fingerprint density at radius 3 is 2.62 bits per heavy atom. The summed E-state index contributed by atoms with van der Waals surface area (Å²) < 4.78 is 1.07. The summed E-state index contributed by atoms with van der Waals surface area (Å²) in [5.74, 6) is 0. The molecular weight excluding hydrogens is 265 g/mol. The zero-order valence-corrected chi connectivity index (χ0v) is 10.8. The second kappa shape index (κ2) is 4.99. The smallest absolute Gasteiger partial charge is 0.128 e. The number of hydrazone groups is 1. The second-order valence-corrected chi connectivity index (χ2v) is 5.04. The monoisotopic (exact) mass is 273 g/mol. The average molecular weight is 274 g/mol. The van der Waals surface area contributed by atoms with Crippen molar-refractivity contribution in [3.63, 3.8) is 0 Å². The standard InChI is InChI=1S/C10H9Cl2N3S/c1-7-2-4-8(5-3-7)16-10-6-9(11)13-15(12)14-10/h2-6,13H,1H3. The van der Waals surface area contributed by atoms with Crippen molar-refractivity contribution in [3.8, 4) is 0 Å². The van der Waals surface area contributed by atoms with Crippen LogP contribution in [0.3, 0.4) is 0 Å². The highest BCUT2D eigenvalue weighted by Gasteiger charge is 2.10. The molecular formula is C10H9Cl2N3S. The van der Waals surface area contributed by atoms with Crippen LogP contribution in [-0.2, 0) is 0 Å². The van der Waals surface area contributed by atoms with E-state index in [2.05, 4.69) is 10.5 Å². The van der Waals surface area contributed by atoms with E-state index in [1.54, 1.807) is 6.08 Å². The quantitative estimate of drug-likeness (QED) is 0.628. The molecule has 0 aromatic heterocycles. The molecule has 3 nitrogen and oxygen atoms in total. The third-order valence-electron chi connectivity index (χ3n) is 1.88. The van der Waals surface area contributed by atoms with Crippen LogP contribution in [0.15, 0.2) is 45.5 Å². The van der Waals surface area contributed by atoms with Crippen LogP contribution in [0.2, 0.25) is 0 Å². The molecule has 0 saturated carbocycles. The van der Waals surface area contributed by atoms with Gasteiger partial charge in [-0.2, -0.15) is 0 Å². The van der Waals surface area contributed by atoms with Gasteiger partial charge in [-0.1, -0.05) is 41.1 Å². The highest BCUT2D eigenvalue weighted by Crippen LogP contribution is 2.24. The zero-order valence-electron chi connectivity index (χ0n) is 8.45. The molecule has 1 aliphatic rings. The molecule has 0 unspecified atom stereocenters. The largest absolute Gasteiger partial charge is 0.256 e. The minimum Gasteiger partial charge on any atom is -0.256 e.